The third kappa shape index (κ3) is 6.67. The molecule has 3 aromatic carbocycles. The molecule has 0 saturated carbocycles. The van der Waals surface area contributed by atoms with Crippen LogP contribution in [0.15, 0.2) is 91.0 Å². The van der Waals surface area contributed by atoms with Crippen molar-refractivity contribution in [3.8, 4) is 11.1 Å². The van der Waals surface area contributed by atoms with E-state index in [1.807, 2.05) is 42.5 Å². The van der Waals surface area contributed by atoms with Crippen molar-refractivity contribution in [1.82, 2.24) is 10.2 Å². The van der Waals surface area contributed by atoms with E-state index < -0.39 is 42.1 Å². The Hall–Kier alpha value is -4.92. The summed E-state index contributed by atoms with van der Waals surface area (Å²) in [7, 11) is 1.58. The molecule has 0 bridgehead atoms. The van der Waals surface area contributed by atoms with Crippen molar-refractivity contribution in [2.75, 3.05) is 13.7 Å². The standard InChI is InChI=1S/C35H36N2O7/c1-22-32(23-12-4-3-5-13-23)44-34(41)30(19-11-6-14-24(20-31(38)39)33(40)37(22)2)36-35(42)43-21-29-27-17-9-7-15-25(27)26-16-8-10-18-28(26)29/h3-13,15-18,22,24,29-30,32H,14,19-21H2,1-2H3,(H,36,42)(H,38,39)/b11-6+/t22-,24-,30-,32-/m0/s1. The van der Waals surface area contributed by atoms with E-state index in [4.69, 9.17) is 9.47 Å². The molecule has 1 aliphatic carbocycles. The number of rotatable bonds is 6. The zero-order valence-corrected chi connectivity index (χ0v) is 24.7. The number of fused-ring (bicyclic) bond motifs is 3. The molecule has 5 rings (SSSR count). The van der Waals surface area contributed by atoms with Gasteiger partial charge in [0.05, 0.1) is 18.4 Å². The molecule has 1 aliphatic heterocycles. The van der Waals surface area contributed by atoms with Crippen molar-refractivity contribution in [3.05, 3.63) is 108 Å². The lowest BCUT2D eigenvalue weighted by molar-refractivity contribution is -0.158. The fraction of sp³-hybridized carbons (Fsp3) is 0.314. The maximum absolute atomic E-state index is 13.6. The Balaban J connectivity index is 1.35. The molecule has 4 atom stereocenters. The van der Waals surface area contributed by atoms with Crippen molar-refractivity contribution >= 4 is 23.9 Å². The maximum atomic E-state index is 13.6. The van der Waals surface area contributed by atoms with Crippen LogP contribution in [0.5, 0.6) is 0 Å². The number of likely N-dealkylation sites (N-methyl/N-ethyl adjacent to an activating group) is 1. The topological polar surface area (TPSA) is 122 Å². The van der Waals surface area contributed by atoms with E-state index in [0.717, 1.165) is 22.3 Å². The first-order valence-electron chi connectivity index (χ1n) is 14.7. The number of alkyl carbamates (subject to hydrolysis) is 1. The third-order valence-electron chi connectivity index (χ3n) is 8.42. The van der Waals surface area contributed by atoms with Gasteiger partial charge < -0.3 is 24.8 Å². The van der Waals surface area contributed by atoms with E-state index in [2.05, 4.69) is 17.4 Å². The normalized spacial score (nSPS) is 22.9. The number of cyclic esters (lactones) is 1. The minimum absolute atomic E-state index is 0.0722. The first-order valence-corrected chi connectivity index (χ1v) is 14.7. The van der Waals surface area contributed by atoms with Crippen LogP contribution in [-0.2, 0) is 23.9 Å². The van der Waals surface area contributed by atoms with Gasteiger partial charge in [0.2, 0.25) is 5.91 Å². The highest BCUT2D eigenvalue weighted by molar-refractivity contribution is 5.84. The minimum atomic E-state index is -1.08. The van der Waals surface area contributed by atoms with E-state index >= 15 is 0 Å². The second kappa shape index (κ2) is 13.6. The number of ether oxygens (including phenoxy) is 2. The van der Waals surface area contributed by atoms with Gasteiger partial charge in [-0.05, 0) is 47.6 Å². The molecule has 0 spiro atoms. The number of carbonyl (C=O) groups is 4. The first-order chi connectivity index (χ1) is 21.2. The number of hydrogen-bond donors (Lipinski definition) is 2. The first kappa shape index (κ1) is 30.5. The molecule has 3 aromatic rings. The number of esters is 1. The summed E-state index contributed by atoms with van der Waals surface area (Å²) < 4.78 is 11.7. The number of amides is 2. The fourth-order valence-electron chi connectivity index (χ4n) is 5.96. The maximum Gasteiger partial charge on any atom is 0.407 e. The van der Waals surface area contributed by atoms with Gasteiger partial charge in [-0.25, -0.2) is 9.59 Å². The molecule has 0 aromatic heterocycles. The second-order valence-corrected chi connectivity index (χ2v) is 11.2. The highest BCUT2D eigenvalue weighted by Crippen LogP contribution is 2.44. The van der Waals surface area contributed by atoms with Crippen LogP contribution in [0.1, 0.15) is 54.9 Å². The van der Waals surface area contributed by atoms with Crippen molar-refractivity contribution in [2.45, 2.75) is 50.3 Å². The summed E-state index contributed by atoms with van der Waals surface area (Å²) in [5, 5.41) is 12.1. The summed E-state index contributed by atoms with van der Waals surface area (Å²) in [5.74, 6) is -3.04. The van der Waals surface area contributed by atoms with Gasteiger partial charge in [-0.3, -0.25) is 9.59 Å². The number of hydrogen-bond acceptors (Lipinski definition) is 6. The van der Waals surface area contributed by atoms with Crippen molar-refractivity contribution in [3.63, 3.8) is 0 Å². The number of carboxylic acids is 1. The average molecular weight is 597 g/mol. The molecule has 9 nitrogen and oxygen atoms in total. The molecule has 2 amide bonds. The third-order valence-corrected chi connectivity index (χ3v) is 8.42. The summed E-state index contributed by atoms with van der Waals surface area (Å²) in [5.41, 5.74) is 5.02. The van der Waals surface area contributed by atoms with Gasteiger partial charge in [0.15, 0.2) is 0 Å². The highest BCUT2D eigenvalue weighted by Gasteiger charge is 2.35. The van der Waals surface area contributed by atoms with Crippen LogP contribution >= 0.6 is 0 Å². The molecule has 44 heavy (non-hydrogen) atoms. The van der Waals surface area contributed by atoms with Crippen LogP contribution < -0.4 is 5.32 Å². The zero-order valence-electron chi connectivity index (χ0n) is 24.7. The lowest BCUT2D eigenvalue weighted by Gasteiger charge is -2.34. The quantitative estimate of drug-likeness (QED) is 0.286. The van der Waals surface area contributed by atoms with E-state index in [1.165, 1.54) is 4.90 Å². The monoisotopic (exact) mass is 596 g/mol. The minimum Gasteiger partial charge on any atom is -0.481 e. The van der Waals surface area contributed by atoms with Gasteiger partial charge in [-0.1, -0.05) is 91.0 Å². The number of nitrogens with zero attached hydrogens (tertiary/aromatic N) is 1. The summed E-state index contributed by atoms with van der Waals surface area (Å²) in [6, 6.07) is 23.4. The Kier molecular flexibility index (Phi) is 9.43. The van der Waals surface area contributed by atoms with Gasteiger partial charge in [-0.2, -0.15) is 0 Å². The summed E-state index contributed by atoms with van der Waals surface area (Å²) in [4.78, 5) is 53.0. The smallest absolute Gasteiger partial charge is 0.407 e. The Morgan fingerprint density at radius 3 is 2.14 bits per heavy atom. The highest BCUT2D eigenvalue weighted by atomic mass is 16.6. The molecular weight excluding hydrogens is 560 g/mol. The van der Waals surface area contributed by atoms with Gasteiger partial charge in [0, 0.05) is 13.0 Å². The lowest BCUT2D eigenvalue weighted by Crippen LogP contribution is -2.47. The average Bonchev–Trinajstić information content (AvgIpc) is 3.35. The molecule has 1 heterocycles. The van der Waals surface area contributed by atoms with Crippen molar-refractivity contribution in [1.29, 1.82) is 0 Å². The zero-order chi connectivity index (χ0) is 31.2. The predicted molar refractivity (Wildman–Crippen MR) is 164 cm³/mol. The van der Waals surface area contributed by atoms with Crippen LogP contribution in [0.25, 0.3) is 11.1 Å². The number of carboxylic acid groups (broad SMARTS) is 1. The predicted octanol–water partition coefficient (Wildman–Crippen LogP) is 5.47. The van der Waals surface area contributed by atoms with E-state index in [0.29, 0.717) is 5.56 Å². The largest absolute Gasteiger partial charge is 0.481 e. The van der Waals surface area contributed by atoms with Crippen LogP contribution in [0, 0.1) is 5.92 Å². The summed E-state index contributed by atoms with van der Waals surface area (Å²) in [6.45, 7) is 1.83. The Morgan fingerprint density at radius 2 is 1.50 bits per heavy atom. The van der Waals surface area contributed by atoms with Gasteiger partial charge >= 0.3 is 18.0 Å². The number of aliphatic carboxylic acids is 1. The molecule has 2 aliphatic rings. The number of allylic oxidation sites excluding steroid dienone is 1. The summed E-state index contributed by atoms with van der Waals surface area (Å²) in [6.07, 6.45) is 1.61. The molecule has 228 valence electrons. The van der Waals surface area contributed by atoms with Crippen LogP contribution in [0.3, 0.4) is 0 Å². The van der Waals surface area contributed by atoms with Crippen LogP contribution in [0.2, 0.25) is 0 Å². The number of benzene rings is 3. The van der Waals surface area contributed by atoms with Crippen LogP contribution in [0.4, 0.5) is 4.79 Å². The summed E-state index contributed by atoms with van der Waals surface area (Å²) >= 11 is 0. The van der Waals surface area contributed by atoms with Gasteiger partial charge in [0.1, 0.15) is 18.8 Å². The lowest BCUT2D eigenvalue weighted by atomic mass is 9.95. The van der Waals surface area contributed by atoms with E-state index in [1.54, 1.807) is 50.4 Å². The van der Waals surface area contributed by atoms with Crippen molar-refractivity contribution < 1.29 is 33.8 Å². The Morgan fingerprint density at radius 1 is 0.909 bits per heavy atom. The Labute approximate surface area is 256 Å². The van der Waals surface area contributed by atoms with Gasteiger partial charge in [0.25, 0.3) is 0 Å². The molecule has 0 saturated heterocycles. The Bertz CT molecular complexity index is 1510. The van der Waals surface area contributed by atoms with E-state index in [-0.39, 0.29) is 37.7 Å². The molecule has 2 N–H and O–H groups in total. The van der Waals surface area contributed by atoms with Crippen LogP contribution in [-0.4, -0.2) is 59.7 Å². The fourth-order valence-corrected chi connectivity index (χ4v) is 5.96. The van der Waals surface area contributed by atoms with E-state index in [9.17, 15) is 24.3 Å². The second-order valence-electron chi connectivity index (χ2n) is 11.2. The molecule has 9 heteroatoms. The molecule has 0 radical (unpaired) electrons. The SMILES string of the molecule is C[C@H]1[C@@H](c2ccccc2)OC(=O)[C@@H](NC(=O)OCC2c3ccccc3-c3ccccc32)C/C=C/C[C@@H](CC(=O)O)C(=O)N1C. The van der Waals surface area contributed by atoms with Crippen molar-refractivity contribution in [2.24, 2.45) is 5.92 Å². The molecule has 0 fully saturated rings. The number of carbonyl (C=O) groups excluding carboxylic acids is 3. The molecular formula is C35H36N2O7. The number of nitrogens with one attached hydrogen (secondary N) is 1. The molecule has 0 unspecified atom stereocenters. The van der Waals surface area contributed by atoms with Gasteiger partial charge in [-0.15, -0.1) is 0 Å².